The Morgan fingerprint density at radius 1 is 1.56 bits per heavy atom. The fourth-order valence-corrected chi connectivity index (χ4v) is 2.96. The monoisotopic (exact) mass is 265 g/mol. The van der Waals surface area contributed by atoms with Crippen molar-refractivity contribution in [1.29, 1.82) is 0 Å². The van der Waals surface area contributed by atoms with Gasteiger partial charge in [-0.05, 0) is 37.3 Å². The van der Waals surface area contributed by atoms with Crippen LogP contribution in [0, 0.1) is 0 Å². The number of hydrogen-bond donors (Lipinski definition) is 2. The first kappa shape index (κ1) is 13.3. The molecule has 1 heterocycles. The van der Waals surface area contributed by atoms with E-state index in [-0.39, 0.29) is 5.91 Å². The van der Waals surface area contributed by atoms with E-state index in [1.807, 2.05) is 23.6 Å². The maximum atomic E-state index is 11.9. The van der Waals surface area contributed by atoms with E-state index in [2.05, 4.69) is 5.32 Å². The van der Waals surface area contributed by atoms with Crippen molar-refractivity contribution < 1.29 is 9.90 Å². The van der Waals surface area contributed by atoms with Crippen LogP contribution < -0.4 is 5.32 Å². The number of hydrogen-bond acceptors (Lipinski definition) is 3. The average Bonchev–Trinajstić information content (AvgIpc) is 2.98. The Morgan fingerprint density at radius 2 is 2.28 bits per heavy atom. The van der Waals surface area contributed by atoms with E-state index >= 15 is 0 Å². The average molecular weight is 265 g/mol. The van der Waals surface area contributed by atoms with E-state index in [1.165, 1.54) is 0 Å². The zero-order valence-electron chi connectivity index (χ0n) is 10.6. The minimum atomic E-state index is -0.682. The molecule has 0 radical (unpaired) electrons. The Labute approximate surface area is 112 Å². The number of aliphatic hydroxyl groups is 1. The molecule has 1 aromatic heterocycles. The van der Waals surface area contributed by atoms with Crippen molar-refractivity contribution in [3.63, 3.8) is 0 Å². The Kier molecular flexibility index (Phi) is 4.19. The highest BCUT2D eigenvalue weighted by Crippen LogP contribution is 2.28. The second-order valence-corrected chi connectivity index (χ2v) is 5.94. The van der Waals surface area contributed by atoms with E-state index in [1.54, 1.807) is 18.3 Å². The predicted octanol–water partition coefficient (Wildman–Crippen LogP) is 2.57. The van der Waals surface area contributed by atoms with Crippen LogP contribution in [-0.4, -0.2) is 23.2 Å². The lowest BCUT2D eigenvalue weighted by Gasteiger charge is -2.22. The number of rotatable bonds is 4. The van der Waals surface area contributed by atoms with Gasteiger partial charge in [-0.1, -0.05) is 18.9 Å². The van der Waals surface area contributed by atoms with Gasteiger partial charge in [0.05, 0.1) is 5.60 Å². The molecular weight excluding hydrogens is 246 g/mol. The van der Waals surface area contributed by atoms with E-state index < -0.39 is 5.60 Å². The third kappa shape index (κ3) is 3.43. The maximum absolute atomic E-state index is 11.9. The first-order chi connectivity index (χ1) is 8.59. The molecule has 1 aromatic rings. The first-order valence-corrected chi connectivity index (χ1v) is 7.19. The Morgan fingerprint density at radius 3 is 2.89 bits per heavy atom. The predicted molar refractivity (Wildman–Crippen MR) is 74.4 cm³/mol. The van der Waals surface area contributed by atoms with E-state index in [0.29, 0.717) is 12.1 Å². The molecule has 0 spiro atoms. The second-order valence-electron chi connectivity index (χ2n) is 4.96. The summed E-state index contributed by atoms with van der Waals surface area (Å²) in [6.07, 6.45) is 5.56. The molecule has 2 rings (SSSR count). The lowest BCUT2D eigenvalue weighted by Crippen LogP contribution is -2.41. The third-order valence-corrected chi connectivity index (χ3v) is 4.19. The minimum absolute atomic E-state index is 0.0938. The van der Waals surface area contributed by atoms with Gasteiger partial charge in [0.15, 0.2) is 0 Å². The zero-order chi connectivity index (χ0) is 13.0. The van der Waals surface area contributed by atoms with Gasteiger partial charge < -0.3 is 10.4 Å². The van der Waals surface area contributed by atoms with Gasteiger partial charge in [0.25, 0.3) is 0 Å². The molecular formula is C14H19NO2S. The fourth-order valence-electron chi connectivity index (χ4n) is 2.25. The molecule has 1 amide bonds. The molecule has 1 fully saturated rings. The molecule has 1 aliphatic carbocycles. The second kappa shape index (κ2) is 5.67. The quantitative estimate of drug-likeness (QED) is 0.822. The molecule has 4 heteroatoms. The Hall–Kier alpha value is -1.13. The number of carbonyl (C=O) groups is 1. The summed E-state index contributed by atoms with van der Waals surface area (Å²) in [5.74, 6) is -0.0938. The third-order valence-electron chi connectivity index (χ3n) is 3.37. The molecule has 1 aliphatic rings. The summed E-state index contributed by atoms with van der Waals surface area (Å²) < 4.78 is 0. The SMILES string of the molecule is C/C(=C\c1cccs1)C(=O)NCC1(O)CCCC1. The van der Waals surface area contributed by atoms with Crippen LogP contribution in [-0.2, 0) is 4.79 Å². The molecule has 0 bridgehead atoms. The van der Waals surface area contributed by atoms with Gasteiger partial charge in [0.2, 0.25) is 5.91 Å². The van der Waals surface area contributed by atoms with Crippen LogP contribution in [0.25, 0.3) is 6.08 Å². The Bertz CT molecular complexity index is 431. The highest BCUT2D eigenvalue weighted by molar-refractivity contribution is 7.10. The molecule has 18 heavy (non-hydrogen) atoms. The lowest BCUT2D eigenvalue weighted by atomic mass is 10.0. The van der Waals surface area contributed by atoms with E-state index in [4.69, 9.17) is 0 Å². The number of carbonyl (C=O) groups excluding carboxylic acids is 1. The van der Waals surface area contributed by atoms with E-state index in [9.17, 15) is 9.90 Å². The molecule has 98 valence electrons. The van der Waals surface area contributed by atoms with Crippen molar-refractivity contribution in [2.24, 2.45) is 0 Å². The van der Waals surface area contributed by atoms with Gasteiger partial charge in [-0.3, -0.25) is 4.79 Å². The van der Waals surface area contributed by atoms with Gasteiger partial charge in [0.1, 0.15) is 0 Å². The van der Waals surface area contributed by atoms with Crippen molar-refractivity contribution in [2.75, 3.05) is 6.54 Å². The number of nitrogens with one attached hydrogen (secondary N) is 1. The minimum Gasteiger partial charge on any atom is -0.388 e. The van der Waals surface area contributed by atoms with Gasteiger partial charge in [-0.2, -0.15) is 0 Å². The normalized spacial score (nSPS) is 18.9. The van der Waals surface area contributed by atoms with Gasteiger partial charge >= 0.3 is 0 Å². The van der Waals surface area contributed by atoms with Crippen LogP contribution in [0.1, 0.15) is 37.5 Å². The summed E-state index contributed by atoms with van der Waals surface area (Å²) in [5.41, 5.74) is -0.00200. The van der Waals surface area contributed by atoms with Gasteiger partial charge in [-0.15, -0.1) is 11.3 Å². The summed E-state index contributed by atoms with van der Waals surface area (Å²) in [6.45, 7) is 2.16. The highest BCUT2D eigenvalue weighted by Gasteiger charge is 2.31. The molecule has 0 aromatic carbocycles. The van der Waals surface area contributed by atoms with Gasteiger partial charge in [-0.25, -0.2) is 0 Å². The molecule has 0 aliphatic heterocycles. The number of amides is 1. The van der Waals surface area contributed by atoms with Crippen LogP contribution in [0.5, 0.6) is 0 Å². The summed E-state index contributed by atoms with van der Waals surface area (Å²) in [6, 6.07) is 3.94. The summed E-state index contributed by atoms with van der Waals surface area (Å²) >= 11 is 1.61. The van der Waals surface area contributed by atoms with Crippen LogP contribution in [0.4, 0.5) is 0 Å². The zero-order valence-corrected chi connectivity index (χ0v) is 11.4. The summed E-state index contributed by atoms with van der Waals surface area (Å²) in [5, 5.41) is 15.0. The van der Waals surface area contributed by atoms with Crippen molar-refractivity contribution in [3.8, 4) is 0 Å². The number of thiophene rings is 1. The fraction of sp³-hybridized carbons (Fsp3) is 0.500. The largest absolute Gasteiger partial charge is 0.388 e. The lowest BCUT2D eigenvalue weighted by molar-refractivity contribution is -0.118. The van der Waals surface area contributed by atoms with Crippen LogP contribution in [0.15, 0.2) is 23.1 Å². The van der Waals surface area contributed by atoms with Crippen molar-refractivity contribution in [2.45, 2.75) is 38.2 Å². The highest BCUT2D eigenvalue weighted by atomic mass is 32.1. The van der Waals surface area contributed by atoms with Crippen molar-refractivity contribution in [1.82, 2.24) is 5.32 Å². The van der Waals surface area contributed by atoms with Crippen molar-refractivity contribution >= 4 is 23.3 Å². The molecule has 0 atom stereocenters. The topological polar surface area (TPSA) is 49.3 Å². The molecule has 1 saturated carbocycles. The molecule has 3 nitrogen and oxygen atoms in total. The summed E-state index contributed by atoms with van der Waals surface area (Å²) in [7, 11) is 0. The first-order valence-electron chi connectivity index (χ1n) is 6.31. The molecule has 2 N–H and O–H groups in total. The van der Waals surface area contributed by atoms with Crippen molar-refractivity contribution in [3.05, 3.63) is 28.0 Å². The van der Waals surface area contributed by atoms with Gasteiger partial charge in [0, 0.05) is 17.0 Å². The van der Waals surface area contributed by atoms with Crippen LogP contribution in [0.3, 0.4) is 0 Å². The molecule has 0 unspecified atom stereocenters. The van der Waals surface area contributed by atoms with Crippen LogP contribution in [0.2, 0.25) is 0 Å². The van der Waals surface area contributed by atoms with Crippen LogP contribution >= 0.6 is 11.3 Å². The maximum Gasteiger partial charge on any atom is 0.247 e. The standard InChI is InChI=1S/C14H19NO2S/c1-11(9-12-5-4-8-18-12)13(16)15-10-14(17)6-2-3-7-14/h4-5,8-9,17H,2-3,6-7,10H2,1H3,(H,15,16)/b11-9+. The Balaban J connectivity index is 1.88. The summed E-state index contributed by atoms with van der Waals surface area (Å²) in [4.78, 5) is 13.0. The smallest absolute Gasteiger partial charge is 0.247 e. The molecule has 0 saturated heterocycles. The van der Waals surface area contributed by atoms with E-state index in [0.717, 1.165) is 30.6 Å².